The van der Waals surface area contributed by atoms with Crippen LogP contribution in [0.3, 0.4) is 0 Å². The number of thiocarbonyl (C=S) groups is 1. The molecule has 0 bridgehead atoms. The molecule has 39 heavy (non-hydrogen) atoms. The molecular weight excluding hydrogens is 523 g/mol. The second kappa shape index (κ2) is 13.7. The van der Waals surface area contributed by atoms with Gasteiger partial charge in [0.25, 0.3) is 0 Å². The number of nitrogens with zero attached hydrogens (tertiary/aromatic N) is 3. The minimum absolute atomic E-state index is 0.275. The summed E-state index contributed by atoms with van der Waals surface area (Å²) in [6.07, 6.45) is 1.09. The number of hydrogen-bond donors (Lipinski definition) is 2. The Balaban J connectivity index is 0.000000255. The molecule has 0 unspecified atom stereocenters. The van der Waals surface area contributed by atoms with Crippen molar-refractivity contribution in [2.45, 2.75) is 52.8 Å². The van der Waals surface area contributed by atoms with Gasteiger partial charge in [-0.25, -0.2) is 9.67 Å². The topological polar surface area (TPSA) is 78.0 Å². The zero-order valence-corrected chi connectivity index (χ0v) is 22.9. The van der Waals surface area contributed by atoms with E-state index in [-0.39, 0.29) is 5.75 Å². The van der Waals surface area contributed by atoms with Crippen LogP contribution in [-0.4, -0.2) is 26.2 Å². The van der Waals surface area contributed by atoms with Crippen LogP contribution in [-0.2, 0) is 12.8 Å². The number of aryl methyl sites for hydroxylation is 3. The Morgan fingerprint density at radius 3 is 2.23 bits per heavy atom. The average molecular weight is 556 g/mol. The fraction of sp³-hybridized carbons (Fsp3) is 0.276. The van der Waals surface area contributed by atoms with Crippen LogP contribution in [0.25, 0.3) is 17.1 Å². The molecule has 0 aliphatic heterocycles. The van der Waals surface area contributed by atoms with E-state index < -0.39 is 6.36 Å². The smallest absolute Gasteiger partial charge is 0.406 e. The number of hydrogen-bond acceptors (Lipinski definition) is 4. The van der Waals surface area contributed by atoms with E-state index in [0.29, 0.717) is 16.6 Å². The lowest BCUT2D eigenvalue weighted by Gasteiger charge is -2.10. The van der Waals surface area contributed by atoms with Crippen LogP contribution >= 0.6 is 12.2 Å². The Labute approximate surface area is 232 Å². The van der Waals surface area contributed by atoms with Crippen molar-refractivity contribution in [3.63, 3.8) is 0 Å². The highest BCUT2D eigenvalue weighted by molar-refractivity contribution is 7.80. The number of rotatable bonds is 8. The lowest BCUT2D eigenvalue weighted by Crippen LogP contribution is -2.19. The van der Waals surface area contributed by atoms with Crippen molar-refractivity contribution in [3.05, 3.63) is 89.7 Å². The highest BCUT2D eigenvalue weighted by atomic mass is 32.1. The van der Waals surface area contributed by atoms with E-state index in [0.717, 1.165) is 36.9 Å². The first-order chi connectivity index (χ1) is 18.6. The van der Waals surface area contributed by atoms with Crippen LogP contribution in [0.2, 0.25) is 0 Å². The second-order valence-corrected chi connectivity index (χ2v) is 9.34. The molecular formula is C29H32F3N5OS. The van der Waals surface area contributed by atoms with Gasteiger partial charge in [-0.1, -0.05) is 63.1 Å². The SMILES string of the molecule is CCCc1ccc(-c2ncn(-c3ccc(OC(F)(F)F)cc3)n2)cc1.CCCc1ccc(C)cc1NC(N)=S. The van der Waals surface area contributed by atoms with Gasteiger partial charge >= 0.3 is 6.36 Å². The van der Waals surface area contributed by atoms with Crippen molar-refractivity contribution in [2.75, 3.05) is 5.32 Å². The third kappa shape index (κ3) is 9.40. The molecule has 3 N–H and O–H groups in total. The van der Waals surface area contributed by atoms with Crippen LogP contribution in [0.15, 0.2) is 73.1 Å². The first-order valence-corrected chi connectivity index (χ1v) is 13.0. The van der Waals surface area contributed by atoms with Gasteiger partial charge in [-0.15, -0.1) is 18.3 Å². The molecule has 0 amide bonds. The first kappa shape index (κ1) is 29.6. The van der Waals surface area contributed by atoms with Gasteiger partial charge in [0.2, 0.25) is 0 Å². The number of aromatic nitrogens is 3. The molecule has 0 aliphatic carbocycles. The van der Waals surface area contributed by atoms with E-state index >= 15 is 0 Å². The summed E-state index contributed by atoms with van der Waals surface area (Å²) in [5.74, 6) is 0.279. The summed E-state index contributed by atoms with van der Waals surface area (Å²) < 4.78 is 41.9. The molecule has 4 rings (SSSR count). The maximum Gasteiger partial charge on any atom is 0.573 e. The van der Waals surface area contributed by atoms with Crippen molar-refractivity contribution < 1.29 is 17.9 Å². The van der Waals surface area contributed by atoms with Crippen LogP contribution in [0.1, 0.15) is 43.4 Å². The standard InChI is InChI=1S/C18H16F3N3O.C11H16N2S/c1-2-3-13-4-6-14(7-5-13)17-22-12-24(23-17)15-8-10-16(11-9-15)25-18(19,20)21;1-3-4-9-6-5-8(2)7-10(9)13-11(12)14/h4-12H,2-3H2,1H3;5-7H,3-4H2,1-2H3,(H3,12,13,14). The Bertz CT molecular complexity index is 1350. The molecule has 10 heteroatoms. The summed E-state index contributed by atoms with van der Waals surface area (Å²) in [6.45, 7) is 6.34. The molecule has 0 spiro atoms. The molecule has 0 fully saturated rings. The predicted octanol–water partition coefficient (Wildman–Crippen LogP) is 7.39. The molecule has 0 saturated carbocycles. The molecule has 0 aliphatic rings. The summed E-state index contributed by atoms with van der Waals surface area (Å²) in [7, 11) is 0. The third-order valence-electron chi connectivity index (χ3n) is 5.62. The Morgan fingerprint density at radius 2 is 1.64 bits per heavy atom. The molecule has 1 heterocycles. The third-order valence-corrected chi connectivity index (χ3v) is 5.72. The van der Waals surface area contributed by atoms with E-state index in [1.807, 2.05) is 24.3 Å². The highest BCUT2D eigenvalue weighted by Gasteiger charge is 2.31. The van der Waals surface area contributed by atoms with Gasteiger partial charge in [0.15, 0.2) is 10.9 Å². The quantitative estimate of drug-likeness (QED) is 0.221. The normalized spacial score (nSPS) is 10.9. The Hall–Kier alpha value is -3.92. The van der Waals surface area contributed by atoms with Gasteiger partial charge in [0.1, 0.15) is 12.1 Å². The Kier molecular flexibility index (Phi) is 10.4. The Morgan fingerprint density at radius 1 is 0.974 bits per heavy atom. The van der Waals surface area contributed by atoms with Crippen LogP contribution in [0.4, 0.5) is 18.9 Å². The number of ether oxygens (including phenoxy) is 1. The van der Waals surface area contributed by atoms with Crippen molar-refractivity contribution in [2.24, 2.45) is 5.73 Å². The van der Waals surface area contributed by atoms with E-state index in [4.69, 9.17) is 18.0 Å². The van der Waals surface area contributed by atoms with Gasteiger partial charge in [0.05, 0.1) is 5.69 Å². The van der Waals surface area contributed by atoms with Gasteiger partial charge in [-0.2, -0.15) is 0 Å². The lowest BCUT2D eigenvalue weighted by molar-refractivity contribution is -0.274. The largest absolute Gasteiger partial charge is 0.573 e. The molecule has 206 valence electrons. The minimum atomic E-state index is -4.70. The zero-order chi connectivity index (χ0) is 28.4. The zero-order valence-electron chi connectivity index (χ0n) is 22.1. The average Bonchev–Trinajstić information content (AvgIpc) is 3.36. The molecule has 0 radical (unpaired) electrons. The maximum atomic E-state index is 12.2. The number of nitrogens with one attached hydrogen (secondary N) is 1. The van der Waals surface area contributed by atoms with Gasteiger partial charge in [-0.05, 0) is 79.0 Å². The second-order valence-electron chi connectivity index (χ2n) is 8.90. The van der Waals surface area contributed by atoms with Crippen molar-refractivity contribution in [1.29, 1.82) is 0 Å². The molecule has 3 aromatic carbocycles. The fourth-order valence-corrected chi connectivity index (χ4v) is 3.97. The summed E-state index contributed by atoms with van der Waals surface area (Å²) >= 11 is 4.83. The molecule has 1 aromatic heterocycles. The molecule has 0 atom stereocenters. The monoisotopic (exact) mass is 555 g/mol. The first-order valence-electron chi connectivity index (χ1n) is 12.6. The number of benzene rings is 3. The summed E-state index contributed by atoms with van der Waals surface area (Å²) in [5, 5.41) is 7.71. The highest BCUT2D eigenvalue weighted by Crippen LogP contribution is 2.24. The van der Waals surface area contributed by atoms with E-state index in [1.165, 1.54) is 52.0 Å². The van der Waals surface area contributed by atoms with Crippen molar-refractivity contribution in [3.8, 4) is 22.8 Å². The van der Waals surface area contributed by atoms with Crippen molar-refractivity contribution in [1.82, 2.24) is 14.8 Å². The lowest BCUT2D eigenvalue weighted by atomic mass is 10.1. The van der Waals surface area contributed by atoms with E-state index in [2.05, 4.69) is 59.1 Å². The minimum Gasteiger partial charge on any atom is -0.406 e. The summed E-state index contributed by atoms with van der Waals surface area (Å²) in [4.78, 5) is 4.26. The van der Waals surface area contributed by atoms with Gasteiger partial charge in [-0.3, -0.25) is 0 Å². The van der Waals surface area contributed by atoms with E-state index in [9.17, 15) is 13.2 Å². The van der Waals surface area contributed by atoms with Crippen LogP contribution < -0.4 is 15.8 Å². The van der Waals surface area contributed by atoms with Crippen LogP contribution in [0.5, 0.6) is 5.75 Å². The van der Waals surface area contributed by atoms with Gasteiger partial charge < -0.3 is 15.8 Å². The van der Waals surface area contributed by atoms with Crippen molar-refractivity contribution >= 4 is 23.0 Å². The molecule has 0 saturated heterocycles. The molecule has 6 nitrogen and oxygen atoms in total. The predicted molar refractivity (Wildman–Crippen MR) is 153 cm³/mol. The maximum absolute atomic E-state index is 12.2. The summed E-state index contributed by atoms with van der Waals surface area (Å²) in [5.41, 5.74) is 11.7. The van der Waals surface area contributed by atoms with Crippen LogP contribution in [0, 0.1) is 6.92 Å². The number of halogens is 3. The van der Waals surface area contributed by atoms with E-state index in [1.54, 1.807) is 0 Å². The molecule has 4 aromatic rings. The number of anilines is 1. The summed E-state index contributed by atoms with van der Waals surface area (Å²) in [6, 6.07) is 19.8. The van der Waals surface area contributed by atoms with Gasteiger partial charge in [0, 0.05) is 11.3 Å². The number of nitrogens with two attached hydrogens (primary N) is 1. The fourth-order valence-electron chi connectivity index (χ4n) is 3.86. The number of alkyl halides is 3.